The molecule has 10 heteroatoms. The van der Waals surface area contributed by atoms with E-state index in [1.54, 1.807) is 0 Å². The fraction of sp³-hybridized carbons (Fsp3) is 0.136. The topological polar surface area (TPSA) is 128 Å². The number of nitro benzene ring substituents is 1. The smallest absolute Gasteiger partial charge is 0.269 e. The molecule has 0 aromatic heterocycles. The fourth-order valence-corrected chi connectivity index (χ4v) is 3.82. The summed E-state index contributed by atoms with van der Waals surface area (Å²) in [5.41, 5.74) is 1.36. The normalized spacial score (nSPS) is 11.0. The first-order chi connectivity index (χ1) is 15.3. The van der Waals surface area contributed by atoms with Crippen molar-refractivity contribution in [2.45, 2.75) is 11.3 Å². The van der Waals surface area contributed by atoms with Gasteiger partial charge in [-0.25, -0.2) is 13.1 Å². The molecule has 0 fully saturated rings. The molecule has 0 aliphatic heterocycles. The van der Waals surface area contributed by atoms with Crippen molar-refractivity contribution in [1.29, 1.82) is 0 Å². The maximum absolute atomic E-state index is 12.4. The van der Waals surface area contributed by atoms with Gasteiger partial charge in [-0.1, -0.05) is 30.3 Å². The number of rotatable bonds is 10. The molecule has 0 spiro atoms. The summed E-state index contributed by atoms with van der Waals surface area (Å²) in [5.74, 6) is -0.145. The Morgan fingerprint density at radius 2 is 1.59 bits per heavy atom. The minimum atomic E-state index is -3.67. The van der Waals surface area contributed by atoms with E-state index in [1.165, 1.54) is 48.5 Å². The van der Waals surface area contributed by atoms with Crippen LogP contribution in [0.15, 0.2) is 83.8 Å². The summed E-state index contributed by atoms with van der Waals surface area (Å²) >= 11 is 0. The Labute approximate surface area is 185 Å². The summed E-state index contributed by atoms with van der Waals surface area (Å²) in [6.07, 6.45) is 0.572. The molecule has 0 radical (unpaired) electrons. The largest absolute Gasteiger partial charge is 0.484 e. The molecular formula is C22H21N3O6S. The highest BCUT2D eigenvalue weighted by Crippen LogP contribution is 2.18. The lowest BCUT2D eigenvalue weighted by Gasteiger charge is -2.09. The molecule has 0 bridgehead atoms. The third-order valence-electron chi connectivity index (χ3n) is 4.41. The minimum absolute atomic E-state index is 0.0774. The van der Waals surface area contributed by atoms with E-state index in [9.17, 15) is 23.3 Å². The Morgan fingerprint density at radius 3 is 2.22 bits per heavy atom. The number of nitrogens with zero attached hydrogens (tertiary/aromatic N) is 1. The van der Waals surface area contributed by atoms with E-state index < -0.39 is 20.9 Å². The van der Waals surface area contributed by atoms with Gasteiger partial charge in [0.25, 0.3) is 11.6 Å². The maximum Gasteiger partial charge on any atom is 0.269 e. The van der Waals surface area contributed by atoms with Crippen LogP contribution in [-0.4, -0.2) is 32.4 Å². The van der Waals surface area contributed by atoms with Crippen molar-refractivity contribution >= 4 is 27.3 Å². The number of nitrogens with one attached hydrogen (secondary N) is 2. The average Bonchev–Trinajstić information content (AvgIpc) is 2.79. The summed E-state index contributed by atoms with van der Waals surface area (Å²) in [5, 5.41) is 13.2. The van der Waals surface area contributed by atoms with E-state index in [2.05, 4.69) is 10.0 Å². The molecule has 32 heavy (non-hydrogen) atoms. The van der Waals surface area contributed by atoms with E-state index >= 15 is 0 Å². The lowest BCUT2D eigenvalue weighted by Crippen LogP contribution is -2.26. The lowest BCUT2D eigenvalue weighted by molar-refractivity contribution is -0.384. The van der Waals surface area contributed by atoms with Gasteiger partial charge in [0.2, 0.25) is 10.0 Å². The molecule has 3 aromatic carbocycles. The fourth-order valence-electron chi connectivity index (χ4n) is 2.79. The summed E-state index contributed by atoms with van der Waals surface area (Å²) in [7, 11) is -3.67. The molecule has 0 aliphatic carbocycles. The Hall–Kier alpha value is -3.76. The maximum atomic E-state index is 12.4. The first kappa shape index (κ1) is 22.9. The molecular weight excluding hydrogens is 434 g/mol. The van der Waals surface area contributed by atoms with Crippen LogP contribution in [0.2, 0.25) is 0 Å². The van der Waals surface area contributed by atoms with E-state index in [0.29, 0.717) is 17.9 Å². The van der Waals surface area contributed by atoms with E-state index in [4.69, 9.17) is 4.74 Å². The number of nitro groups is 1. The quantitative estimate of drug-likeness (QED) is 0.357. The summed E-state index contributed by atoms with van der Waals surface area (Å²) in [4.78, 5) is 22.2. The zero-order valence-electron chi connectivity index (χ0n) is 16.9. The van der Waals surface area contributed by atoms with Crippen molar-refractivity contribution in [3.8, 4) is 5.75 Å². The molecule has 0 saturated carbocycles. The Kier molecular flexibility index (Phi) is 7.53. The molecule has 0 aliphatic rings. The summed E-state index contributed by atoms with van der Waals surface area (Å²) in [6, 6.07) is 20.7. The molecule has 1 amide bonds. The zero-order valence-corrected chi connectivity index (χ0v) is 17.7. The second-order valence-corrected chi connectivity index (χ2v) is 8.51. The van der Waals surface area contributed by atoms with Gasteiger partial charge in [0.05, 0.1) is 9.82 Å². The first-order valence-corrected chi connectivity index (χ1v) is 11.1. The summed E-state index contributed by atoms with van der Waals surface area (Å²) < 4.78 is 32.7. The first-order valence-electron chi connectivity index (χ1n) is 9.64. The van der Waals surface area contributed by atoms with Gasteiger partial charge in [-0.3, -0.25) is 14.9 Å². The van der Waals surface area contributed by atoms with Gasteiger partial charge >= 0.3 is 0 Å². The molecule has 9 nitrogen and oxygen atoms in total. The van der Waals surface area contributed by atoms with Gasteiger partial charge in [-0.15, -0.1) is 0 Å². The highest BCUT2D eigenvalue weighted by molar-refractivity contribution is 7.89. The van der Waals surface area contributed by atoms with E-state index in [1.807, 2.05) is 30.3 Å². The molecule has 0 saturated heterocycles. The Morgan fingerprint density at radius 1 is 0.938 bits per heavy atom. The number of carbonyl (C=O) groups excluding carboxylic acids is 1. The molecule has 0 atom stereocenters. The van der Waals surface area contributed by atoms with Crippen LogP contribution in [0.3, 0.4) is 0 Å². The van der Waals surface area contributed by atoms with Gasteiger partial charge in [0, 0.05) is 24.4 Å². The third-order valence-corrected chi connectivity index (χ3v) is 5.89. The van der Waals surface area contributed by atoms with Crippen molar-refractivity contribution in [3.05, 3.63) is 94.5 Å². The van der Waals surface area contributed by atoms with Crippen LogP contribution in [0.25, 0.3) is 0 Å². The van der Waals surface area contributed by atoms with Gasteiger partial charge in [-0.05, 0) is 48.4 Å². The van der Waals surface area contributed by atoms with Crippen LogP contribution in [-0.2, 0) is 21.2 Å². The van der Waals surface area contributed by atoms with Crippen LogP contribution in [0.4, 0.5) is 11.4 Å². The van der Waals surface area contributed by atoms with Gasteiger partial charge in [-0.2, -0.15) is 0 Å². The Bertz CT molecular complexity index is 1160. The van der Waals surface area contributed by atoms with Gasteiger partial charge in [0.15, 0.2) is 6.61 Å². The van der Waals surface area contributed by atoms with Crippen molar-refractivity contribution in [1.82, 2.24) is 4.72 Å². The second kappa shape index (κ2) is 10.5. The number of carbonyl (C=O) groups is 1. The lowest BCUT2D eigenvalue weighted by atomic mass is 10.2. The number of hydrogen-bond donors (Lipinski definition) is 2. The number of hydrogen-bond acceptors (Lipinski definition) is 6. The molecule has 3 rings (SSSR count). The second-order valence-electron chi connectivity index (χ2n) is 6.75. The Balaban J connectivity index is 1.48. The van der Waals surface area contributed by atoms with Crippen molar-refractivity contribution in [3.63, 3.8) is 0 Å². The monoisotopic (exact) mass is 455 g/mol. The highest BCUT2D eigenvalue weighted by atomic mass is 32.2. The number of non-ortho nitro benzene ring substituents is 1. The van der Waals surface area contributed by atoms with Gasteiger partial charge < -0.3 is 10.1 Å². The molecule has 0 heterocycles. The van der Waals surface area contributed by atoms with Crippen molar-refractivity contribution in [2.24, 2.45) is 0 Å². The third kappa shape index (κ3) is 6.62. The molecule has 2 N–H and O–H groups in total. The van der Waals surface area contributed by atoms with Crippen LogP contribution >= 0.6 is 0 Å². The number of amides is 1. The summed E-state index contributed by atoms with van der Waals surface area (Å²) in [6.45, 7) is -0.0380. The standard InChI is InChI=1S/C22H21N3O6S/c26-22(16-31-20-10-8-19(9-11-20)25(27)28)24-18-6-12-21(13-7-18)32(29,30)23-15-14-17-4-2-1-3-5-17/h1-13,23H,14-16H2,(H,24,26). The highest BCUT2D eigenvalue weighted by Gasteiger charge is 2.14. The number of benzene rings is 3. The SMILES string of the molecule is O=C(COc1ccc([N+](=O)[O-])cc1)Nc1ccc(S(=O)(=O)NCCc2ccccc2)cc1. The van der Waals surface area contributed by atoms with Crippen LogP contribution in [0, 0.1) is 10.1 Å². The van der Waals surface area contributed by atoms with Crippen molar-refractivity contribution in [2.75, 3.05) is 18.5 Å². The number of anilines is 1. The van der Waals surface area contributed by atoms with Gasteiger partial charge in [0.1, 0.15) is 5.75 Å². The number of ether oxygens (including phenoxy) is 1. The molecule has 0 unspecified atom stereocenters. The van der Waals surface area contributed by atoms with Crippen LogP contribution < -0.4 is 14.8 Å². The predicted molar refractivity (Wildman–Crippen MR) is 119 cm³/mol. The van der Waals surface area contributed by atoms with E-state index in [0.717, 1.165) is 5.56 Å². The predicted octanol–water partition coefficient (Wildman–Crippen LogP) is 3.13. The van der Waals surface area contributed by atoms with E-state index in [-0.39, 0.29) is 23.7 Å². The molecule has 166 valence electrons. The van der Waals surface area contributed by atoms with Crippen molar-refractivity contribution < 1.29 is 22.9 Å². The zero-order chi connectivity index (χ0) is 23.0. The van der Waals surface area contributed by atoms with Crippen LogP contribution in [0.5, 0.6) is 5.75 Å². The minimum Gasteiger partial charge on any atom is -0.484 e. The number of sulfonamides is 1. The molecule has 3 aromatic rings. The average molecular weight is 455 g/mol. The van der Waals surface area contributed by atoms with Crippen LogP contribution in [0.1, 0.15) is 5.56 Å².